The van der Waals surface area contributed by atoms with E-state index in [0.717, 1.165) is 31.4 Å². The maximum Gasteiger partial charge on any atom is 0.335 e. The lowest BCUT2D eigenvalue weighted by Crippen LogP contribution is -2.08. The predicted octanol–water partition coefficient (Wildman–Crippen LogP) is 4.26. The van der Waals surface area contributed by atoms with Crippen LogP contribution >= 0.6 is 0 Å². The highest BCUT2D eigenvalue weighted by molar-refractivity contribution is 5.87. The lowest BCUT2D eigenvalue weighted by molar-refractivity contribution is -0.139. The normalized spacial score (nSPS) is 9.27. The molecule has 1 aromatic carbocycles. The summed E-state index contributed by atoms with van der Waals surface area (Å²) in [4.78, 5) is 43.8. The smallest absolute Gasteiger partial charge is 0.335 e. The minimum absolute atomic E-state index is 0.277. The van der Waals surface area contributed by atoms with Gasteiger partial charge in [0.15, 0.2) is 0 Å². The molecule has 0 aliphatic heterocycles. The van der Waals surface area contributed by atoms with Crippen LogP contribution in [0.3, 0.4) is 0 Å². The summed E-state index contributed by atoms with van der Waals surface area (Å²) in [7, 11) is 0. The number of carbonyl (C=O) groups is 4. The number of unbranched alkanes of at least 4 members (excludes halogenated alkanes) is 2. The molecule has 33 heavy (non-hydrogen) atoms. The Morgan fingerprint density at radius 1 is 0.758 bits per heavy atom. The van der Waals surface area contributed by atoms with Gasteiger partial charge in [0, 0.05) is 29.4 Å². The first-order valence-corrected chi connectivity index (χ1v) is 10.0. The molecule has 0 aromatic heterocycles. The van der Waals surface area contributed by atoms with Crippen LogP contribution in [0.4, 0.5) is 0 Å². The minimum atomic E-state index is -0.577. The highest BCUT2D eigenvalue weighted by atomic mass is 16.5. The quantitative estimate of drug-likeness (QED) is 0.198. The number of carbonyl (C=O) groups excluding carboxylic acids is 4. The van der Waals surface area contributed by atoms with Gasteiger partial charge in [-0.05, 0) is 45.2 Å². The molecule has 0 saturated heterocycles. The Morgan fingerprint density at radius 3 is 1.48 bits per heavy atom. The molecule has 0 atom stereocenters. The van der Waals surface area contributed by atoms with Crippen molar-refractivity contribution in [2.24, 2.45) is 0 Å². The molecule has 0 bridgehead atoms. The van der Waals surface area contributed by atoms with Gasteiger partial charge in [-0.3, -0.25) is 0 Å². The van der Waals surface area contributed by atoms with Crippen LogP contribution in [0, 0.1) is 0 Å². The third kappa shape index (κ3) is 14.7. The molecule has 178 valence electrons. The Morgan fingerprint density at radius 2 is 1.15 bits per heavy atom. The molecule has 1 aromatic rings. The van der Waals surface area contributed by atoms with E-state index in [1.807, 2.05) is 0 Å². The fourth-order valence-electron chi connectivity index (χ4n) is 1.87. The Labute approximate surface area is 194 Å². The number of benzene rings is 1. The molecule has 8 nitrogen and oxygen atoms in total. The first kappa shape index (κ1) is 29.1. The van der Waals surface area contributed by atoms with E-state index in [4.69, 9.17) is 18.9 Å². The first-order chi connectivity index (χ1) is 15.6. The summed E-state index contributed by atoms with van der Waals surface area (Å²) < 4.78 is 19.5. The largest absolute Gasteiger partial charge is 0.462 e. The number of rotatable bonds is 12. The summed E-state index contributed by atoms with van der Waals surface area (Å²) in [6, 6.07) is 6.14. The van der Waals surface area contributed by atoms with Crippen LogP contribution in [0.25, 0.3) is 0 Å². The van der Waals surface area contributed by atoms with E-state index in [-0.39, 0.29) is 23.4 Å². The van der Waals surface area contributed by atoms with Gasteiger partial charge in [-0.25, -0.2) is 19.2 Å². The third-order valence-corrected chi connectivity index (χ3v) is 3.53. The van der Waals surface area contributed by atoms with Gasteiger partial charge in [-0.15, -0.1) is 0 Å². The number of ether oxygens (including phenoxy) is 4. The minimum Gasteiger partial charge on any atom is -0.462 e. The molecule has 1 rings (SSSR count). The van der Waals surface area contributed by atoms with Crippen molar-refractivity contribution < 1.29 is 38.1 Å². The number of esters is 4. The van der Waals surface area contributed by atoms with Crippen molar-refractivity contribution in [2.45, 2.75) is 33.1 Å². The molecular formula is C25H30O8. The van der Waals surface area contributed by atoms with Crippen molar-refractivity contribution in [3.8, 4) is 11.5 Å². The first-order valence-electron chi connectivity index (χ1n) is 10.0. The van der Waals surface area contributed by atoms with Crippen molar-refractivity contribution in [1.29, 1.82) is 0 Å². The molecule has 0 radical (unpaired) electrons. The summed E-state index contributed by atoms with van der Waals surface area (Å²) in [5, 5.41) is 0. The molecule has 0 fully saturated rings. The standard InChI is InChI=1S/C13H20O4.C12H10O4/c1-10(2)12(14)16-8-6-5-7-9-17-13(15)11(3)4;1-3-11(13)15-9-6-5-7-10(8-9)16-12(14)4-2/h1,3,5-9H2,2,4H3;3-8H,1-2H2. The summed E-state index contributed by atoms with van der Waals surface area (Å²) >= 11 is 0. The molecule has 0 heterocycles. The molecule has 0 N–H and O–H groups in total. The van der Waals surface area contributed by atoms with Crippen molar-refractivity contribution in [2.75, 3.05) is 13.2 Å². The molecular weight excluding hydrogens is 428 g/mol. The lowest BCUT2D eigenvalue weighted by Gasteiger charge is -2.05. The van der Waals surface area contributed by atoms with E-state index in [2.05, 4.69) is 26.3 Å². The van der Waals surface area contributed by atoms with Crippen LogP contribution in [0.5, 0.6) is 11.5 Å². The second-order valence-electron chi connectivity index (χ2n) is 6.62. The van der Waals surface area contributed by atoms with Gasteiger partial charge in [0.05, 0.1) is 13.2 Å². The van der Waals surface area contributed by atoms with E-state index < -0.39 is 11.9 Å². The van der Waals surface area contributed by atoms with Crippen LogP contribution in [0.15, 0.2) is 73.9 Å². The average Bonchev–Trinajstić information content (AvgIpc) is 2.78. The van der Waals surface area contributed by atoms with Gasteiger partial charge >= 0.3 is 23.9 Å². The zero-order valence-electron chi connectivity index (χ0n) is 19.1. The molecule has 0 unspecified atom stereocenters. The topological polar surface area (TPSA) is 105 Å². The second-order valence-corrected chi connectivity index (χ2v) is 6.62. The summed E-state index contributed by atoms with van der Waals surface area (Å²) in [6.07, 6.45) is 4.44. The maximum absolute atomic E-state index is 11.0. The Kier molecular flexibility index (Phi) is 14.7. The third-order valence-electron chi connectivity index (χ3n) is 3.53. The van der Waals surface area contributed by atoms with E-state index in [9.17, 15) is 19.2 Å². The SMILES string of the molecule is C=C(C)C(=O)OCCCCCOC(=O)C(=C)C.C=CC(=O)Oc1cccc(OC(=O)C=C)c1. The van der Waals surface area contributed by atoms with Crippen LogP contribution in [0.1, 0.15) is 33.1 Å². The van der Waals surface area contributed by atoms with Crippen LogP contribution in [-0.2, 0) is 28.7 Å². The fourth-order valence-corrected chi connectivity index (χ4v) is 1.87. The zero-order valence-corrected chi connectivity index (χ0v) is 19.1. The molecule has 0 aliphatic rings. The van der Waals surface area contributed by atoms with Crippen LogP contribution in [-0.4, -0.2) is 37.1 Å². The molecule has 0 saturated carbocycles. The van der Waals surface area contributed by atoms with Crippen molar-refractivity contribution in [3.05, 3.63) is 73.9 Å². The fraction of sp³-hybridized carbons (Fsp3) is 0.280. The van der Waals surface area contributed by atoms with Gasteiger partial charge in [0.1, 0.15) is 11.5 Å². The van der Waals surface area contributed by atoms with Crippen LogP contribution in [0.2, 0.25) is 0 Å². The second kappa shape index (κ2) is 16.7. The number of hydrogen-bond donors (Lipinski definition) is 0. The van der Waals surface area contributed by atoms with Crippen molar-refractivity contribution >= 4 is 23.9 Å². The molecule has 0 amide bonds. The highest BCUT2D eigenvalue weighted by Crippen LogP contribution is 2.19. The van der Waals surface area contributed by atoms with Crippen LogP contribution < -0.4 is 9.47 Å². The monoisotopic (exact) mass is 458 g/mol. The van der Waals surface area contributed by atoms with E-state index >= 15 is 0 Å². The predicted molar refractivity (Wildman–Crippen MR) is 124 cm³/mol. The average molecular weight is 459 g/mol. The number of hydrogen-bond acceptors (Lipinski definition) is 8. The van der Waals surface area contributed by atoms with Crippen molar-refractivity contribution in [1.82, 2.24) is 0 Å². The Hall–Kier alpha value is -3.94. The van der Waals surface area contributed by atoms with Gasteiger partial charge in [0.2, 0.25) is 0 Å². The molecule has 8 heteroatoms. The summed E-state index contributed by atoms with van der Waals surface area (Å²) in [6.45, 7) is 17.5. The summed E-state index contributed by atoms with van der Waals surface area (Å²) in [5.74, 6) is -1.32. The van der Waals surface area contributed by atoms with E-state index in [0.29, 0.717) is 24.4 Å². The van der Waals surface area contributed by atoms with Gasteiger partial charge < -0.3 is 18.9 Å². The van der Waals surface area contributed by atoms with E-state index in [1.54, 1.807) is 32.0 Å². The maximum atomic E-state index is 11.0. The lowest BCUT2D eigenvalue weighted by atomic mass is 10.2. The Balaban J connectivity index is 0.000000621. The van der Waals surface area contributed by atoms with Gasteiger partial charge in [0.25, 0.3) is 0 Å². The van der Waals surface area contributed by atoms with Gasteiger partial charge in [-0.2, -0.15) is 0 Å². The Bertz CT molecular complexity index is 815. The van der Waals surface area contributed by atoms with Crippen molar-refractivity contribution in [3.63, 3.8) is 0 Å². The zero-order chi connectivity index (χ0) is 25.2. The molecule has 0 spiro atoms. The molecule has 0 aliphatic carbocycles. The highest BCUT2D eigenvalue weighted by Gasteiger charge is 2.05. The van der Waals surface area contributed by atoms with Gasteiger partial charge in [-0.1, -0.05) is 32.4 Å². The van der Waals surface area contributed by atoms with E-state index in [1.165, 1.54) is 6.07 Å². The summed E-state index contributed by atoms with van der Waals surface area (Å²) in [5.41, 5.74) is 0.806.